The van der Waals surface area contributed by atoms with Gasteiger partial charge in [-0.2, -0.15) is 0 Å². The Morgan fingerprint density at radius 1 is 1.19 bits per heavy atom. The SMILES string of the molecule is COc1ccc(NC(=O)CCc2ncc(-c3ccc(Cl)cc3Cl)o2)cc1S(=O)(=O)N(C)C. The smallest absolute Gasteiger partial charge is 0.246 e. The van der Waals surface area contributed by atoms with Gasteiger partial charge in [-0.1, -0.05) is 23.2 Å². The van der Waals surface area contributed by atoms with Gasteiger partial charge in [0.25, 0.3) is 0 Å². The molecule has 0 radical (unpaired) electrons. The highest BCUT2D eigenvalue weighted by atomic mass is 35.5. The summed E-state index contributed by atoms with van der Waals surface area (Å²) in [6, 6.07) is 9.44. The lowest BCUT2D eigenvalue weighted by molar-refractivity contribution is -0.116. The van der Waals surface area contributed by atoms with E-state index in [1.54, 1.807) is 24.3 Å². The number of nitrogens with one attached hydrogen (secondary N) is 1. The predicted molar refractivity (Wildman–Crippen MR) is 123 cm³/mol. The molecule has 0 bridgehead atoms. The number of rotatable bonds is 8. The van der Waals surface area contributed by atoms with Gasteiger partial charge in [0, 0.05) is 43.2 Å². The van der Waals surface area contributed by atoms with E-state index in [9.17, 15) is 13.2 Å². The number of aryl methyl sites for hydroxylation is 1. The fourth-order valence-corrected chi connectivity index (χ4v) is 4.41. The Hall–Kier alpha value is -2.59. The van der Waals surface area contributed by atoms with E-state index < -0.39 is 10.0 Å². The van der Waals surface area contributed by atoms with Crippen LogP contribution < -0.4 is 10.1 Å². The number of anilines is 1. The zero-order valence-electron chi connectivity index (χ0n) is 17.6. The summed E-state index contributed by atoms with van der Waals surface area (Å²) in [6.07, 6.45) is 1.86. The molecule has 0 fully saturated rings. The van der Waals surface area contributed by atoms with Gasteiger partial charge < -0.3 is 14.5 Å². The van der Waals surface area contributed by atoms with Gasteiger partial charge in [-0.05, 0) is 36.4 Å². The van der Waals surface area contributed by atoms with Gasteiger partial charge in [-0.3, -0.25) is 4.79 Å². The number of ether oxygens (including phenoxy) is 1. The van der Waals surface area contributed by atoms with E-state index in [1.165, 1.54) is 39.5 Å². The van der Waals surface area contributed by atoms with Crippen molar-refractivity contribution in [2.75, 3.05) is 26.5 Å². The average molecular weight is 498 g/mol. The Balaban J connectivity index is 1.68. The van der Waals surface area contributed by atoms with Crippen LogP contribution in [0.1, 0.15) is 12.3 Å². The molecule has 3 rings (SSSR count). The highest BCUT2D eigenvalue weighted by Gasteiger charge is 2.23. The highest BCUT2D eigenvalue weighted by Crippen LogP contribution is 2.31. The summed E-state index contributed by atoms with van der Waals surface area (Å²) >= 11 is 12.1. The van der Waals surface area contributed by atoms with Crippen molar-refractivity contribution in [3.63, 3.8) is 0 Å². The quantitative estimate of drug-likeness (QED) is 0.492. The molecule has 0 saturated heterocycles. The Morgan fingerprint density at radius 3 is 2.59 bits per heavy atom. The molecule has 0 atom stereocenters. The first kappa shape index (κ1) is 24.1. The molecule has 1 amide bonds. The number of nitrogens with zero attached hydrogens (tertiary/aromatic N) is 2. The third kappa shape index (κ3) is 5.42. The van der Waals surface area contributed by atoms with Crippen LogP contribution in [-0.2, 0) is 21.2 Å². The zero-order chi connectivity index (χ0) is 23.5. The Morgan fingerprint density at radius 2 is 1.94 bits per heavy atom. The first-order chi connectivity index (χ1) is 15.1. The summed E-state index contributed by atoms with van der Waals surface area (Å²) in [6.45, 7) is 0. The number of carbonyl (C=O) groups is 1. The van der Waals surface area contributed by atoms with E-state index in [-0.39, 0.29) is 29.4 Å². The number of aromatic nitrogens is 1. The minimum absolute atomic E-state index is 0.0417. The van der Waals surface area contributed by atoms with Crippen LogP contribution in [-0.4, -0.2) is 44.8 Å². The molecule has 2 aromatic carbocycles. The minimum atomic E-state index is -3.75. The fraction of sp³-hybridized carbons (Fsp3) is 0.238. The molecule has 0 aliphatic rings. The summed E-state index contributed by atoms with van der Waals surface area (Å²) in [5.74, 6) is 0.694. The third-order valence-corrected chi connectivity index (χ3v) is 6.91. The second-order valence-corrected chi connectivity index (χ2v) is 9.91. The Kier molecular flexibility index (Phi) is 7.45. The van der Waals surface area contributed by atoms with Crippen LogP contribution in [0.15, 0.2) is 51.9 Å². The molecule has 0 aliphatic heterocycles. The van der Waals surface area contributed by atoms with Crippen LogP contribution in [0.5, 0.6) is 5.75 Å². The van der Waals surface area contributed by atoms with Gasteiger partial charge in [-0.15, -0.1) is 0 Å². The molecule has 1 N–H and O–H groups in total. The standard InChI is InChI=1S/C21H21Cl2N3O5S/c1-26(2)32(28,29)19-11-14(5-7-17(19)30-3)25-20(27)8-9-21-24-12-18(31-21)15-6-4-13(22)10-16(15)23/h4-7,10-12H,8-9H2,1-3H3,(H,25,27). The van der Waals surface area contributed by atoms with E-state index >= 15 is 0 Å². The Bertz CT molecular complexity index is 1240. The van der Waals surface area contributed by atoms with Crippen LogP contribution in [0.25, 0.3) is 11.3 Å². The maximum absolute atomic E-state index is 12.5. The molecule has 1 aromatic heterocycles. The number of benzene rings is 2. The molecule has 0 saturated carbocycles. The Labute approximate surface area is 196 Å². The van der Waals surface area contributed by atoms with Gasteiger partial charge >= 0.3 is 0 Å². The number of hydrogen-bond acceptors (Lipinski definition) is 6. The van der Waals surface area contributed by atoms with Crippen molar-refractivity contribution in [1.29, 1.82) is 0 Å². The van der Waals surface area contributed by atoms with Crippen molar-refractivity contribution in [2.24, 2.45) is 0 Å². The van der Waals surface area contributed by atoms with Crippen LogP contribution in [0.4, 0.5) is 5.69 Å². The molecular formula is C21H21Cl2N3O5S. The normalized spacial score (nSPS) is 11.6. The van der Waals surface area contributed by atoms with Gasteiger partial charge in [0.1, 0.15) is 10.6 Å². The molecule has 8 nitrogen and oxygen atoms in total. The fourth-order valence-electron chi connectivity index (χ4n) is 2.84. The molecule has 0 aliphatic carbocycles. The monoisotopic (exact) mass is 497 g/mol. The van der Waals surface area contributed by atoms with Gasteiger partial charge in [0.2, 0.25) is 15.9 Å². The lowest BCUT2D eigenvalue weighted by atomic mass is 10.2. The van der Waals surface area contributed by atoms with Crippen LogP contribution in [0, 0.1) is 0 Å². The number of methoxy groups -OCH3 is 1. The van der Waals surface area contributed by atoms with Gasteiger partial charge in [-0.25, -0.2) is 17.7 Å². The lowest BCUT2D eigenvalue weighted by Crippen LogP contribution is -2.23. The first-order valence-corrected chi connectivity index (χ1v) is 11.6. The van der Waals surface area contributed by atoms with Gasteiger partial charge in [0.05, 0.1) is 18.3 Å². The molecule has 170 valence electrons. The highest BCUT2D eigenvalue weighted by molar-refractivity contribution is 7.89. The van der Waals surface area contributed by atoms with E-state index in [2.05, 4.69) is 10.3 Å². The maximum Gasteiger partial charge on any atom is 0.246 e. The molecule has 3 aromatic rings. The molecule has 0 unspecified atom stereocenters. The molecule has 32 heavy (non-hydrogen) atoms. The summed E-state index contributed by atoms with van der Waals surface area (Å²) < 4.78 is 36.9. The van der Waals surface area contributed by atoms with Crippen LogP contribution >= 0.6 is 23.2 Å². The third-order valence-electron chi connectivity index (χ3n) is 4.52. The number of amides is 1. The largest absolute Gasteiger partial charge is 0.495 e. The number of hydrogen-bond donors (Lipinski definition) is 1. The number of sulfonamides is 1. The zero-order valence-corrected chi connectivity index (χ0v) is 19.9. The minimum Gasteiger partial charge on any atom is -0.495 e. The molecule has 1 heterocycles. The van der Waals surface area contributed by atoms with Crippen molar-refractivity contribution in [2.45, 2.75) is 17.7 Å². The predicted octanol–water partition coefficient (Wildman–Crippen LogP) is 4.48. The van der Waals surface area contributed by atoms with Crippen molar-refractivity contribution in [1.82, 2.24) is 9.29 Å². The van der Waals surface area contributed by atoms with E-state index in [4.69, 9.17) is 32.4 Å². The second-order valence-electron chi connectivity index (χ2n) is 6.94. The summed E-state index contributed by atoms with van der Waals surface area (Å²) in [5.41, 5.74) is 0.976. The maximum atomic E-state index is 12.5. The van der Waals surface area contributed by atoms with E-state index in [0.717, 1.165) is 4.31 Å². The van der Waals surface area contributed by atoms with Crippen molar-refractivity contribution in [3.05, 3.63) is 58.5 Å². The second kappa shape index (κ2) is 9.91. The number of carbonyl (C=O) groups excluding carboxylic acids is 1. The van der Waals surface area contributed by atoms with E-state index in [1.807, 2.05) is 0 Å². The van der Waals surface area contributed by atoms with Crippen molar-refractivity contribution in [3.8, 4) is 17.1 Å². The summed E-state index contributed by atoms with van der Waals surface area (Å²) in [7, 11) is 0.466. The first-order valence-electron chi connectivity index (χ1n) is 9.42. The topological polar surface area (TPSA) is 102 Å². The molecule has 11 heteroatoms. The summed E-state index contributed by atoms with van der Waals surface area (Å²) in [4.78, 5) is 16.5. The van der Waals surface area contributed by atoms with E-state index in [0.29, 0.717) is 32.9 Å². The van der Waals surface area contributed by atoms with Crippen molar-refractivity contribution >= 4 is 44.8 Å². The molecular weight excluding hydrogens is 477 g/mol. The summed E-state index contributed by atoms with van der Waals surface area (Å²) in [5, 5.41) is 3.63. The van der Waals surface area contributed by atoms with Crippen molar-refractivity contribution < 1.29 is 22.4 Å². The number of oxazole rings is 1. The molecule has 0 spiro atoms. The number of halogens is 2. The average Bonchev–Trinajstić information content (AvgIpc) is 3.20. The van der Waals surface area contributed by atoms with Gasteiger partial charge in [0.15, 0.2) is 11.7 Å². The van der Waals surface area contributed by atoms with Crippen LogP contribution in [0.2, 0.25) is 10.0 Å². The van der Waals surface area contributed by atoms with Crippen LogP contribution in [0.3, 0.4) is 0 Å². The lowest BCUT2D eigenvalue weighted by Gasteiger charge is -2.15.